The highest BCUT2D eigenvalue weighted by Crippen LogP contribution is 2.27. The number of benzene rings is 1. The highest BCUT2D eigenvalue weighted by molar-refractivity contribution is 7.93. The third kappa shape index (κ3) is 4.39. The topological polar surface area (TPSA) is 110 Å². The number of para-hydroxylation sites is 1. The van der Waals surface area contributed by atoms with E-state index >= 15 is 0 Å². The van der Waals surface area contributed by atoms with Crippen molar-refractivity contribution in [1.82, 2.24) is 0 Å². The lowest BCUT2D eigenvalue weighted by Crippen LogP contribution is -2.25. The number of hydrogen-bond donors (Lipinski definition) is 2. The number of carbonyl (C=O) groups is 2. The summed E-state index contributed by atoms with van der Waals surface area (Å²) in [6.07, 6.45) is 0. The van der Waals surface area contributed by atoms with Crippen molar-refractivity contribution in [3.05, 3.63) is 28.8 Å². The number of sulfonamides is 1. The van der Waals surface area contributed by atoms with E-state index < -0.39 is 27.7 Å². The second kappa shape index (κ2) is 6.58. The number of carboxylic acids is 1. The number of anilines is 1. The Hall–Kier alpha value is -1.80. The molecule has 0 saturated carbocycles. The molecule has 0 bridgehead atoms. The highest BCUT2D eigenvalue weighted by Gasteiger charge is 2.22. The van der Waals surface area contributed by atoms with E-state index in [0.717, 1.165) is 0 Å². The van der Waals surface area contributed by atoms with Gasteiger partial charge in [0.1, 0.15) is 0 Å². The van der Waals surface area contributed by atoms with Gasteiger partial charge in [-0.05, 0) is 19.1 Å². The fraction of sp³-hybridized carbons (Fsp3) is 0.273. The van der Waals surface area contributed by atoms with Crippen LogP contribution >= 0.6 is 11.6 Å². The summed E-state index contributed by atoms with van der Waals surface area (Å²) >= 11 is 5.77. The van der Waals surface area contributed by atoms with E-state index in [9.17, 15) is 18.0 Å². The summed E-state index contributed by atoms with van der Waals surface area (Å²) in [5, 5.41) is 8.88. The van der Waals surface area contributed by atoms with Crippen LogP contribution in [0, 0.1) is 0 Å². The molecular weight excluding hydrogens is 310 g/mol. The smallest absolute Gasteiger partial charge is 0.337 e. The Balaban J connectivity index is 3.04. The van der Waals surface area contributed by atoms with Crippen molar-refractivity contribution in [3.8, 4) is 0 Å². The third-order valence-corrected chi connectivity index (χ3v) is 3.56. The number of rotatable bonds is 6. The molecule has 0 unspecified atom stereocenters. The number of aromatic carboxylic acids is 1. The van der Waals surface area contributed by atoms with Crippen LogP contribution in [0.15, 0.2) is 18.2 Å². The molecule has 0 aliphatic rings. The predicted octanol–water partition coefficient (Wildman–Crippen LogP) is 1.34. The van der Waals surface area contributed by atoms with Gasteiger partial charge in [-0.1, -0.05) is 17.7 Å². The Morgan fingerprint density at radius 1 is 1.40 bits per heavy atom. The maximum Gasteiger partial charge on any atom is 0.337 e. The van der Waals surface area contributed by atoms with Crippen molar-refractivity contribution >= 4 is 39.3 Å². The monoisotopic (exact) mass is 321 g/mol. The number of esters is 1. The minimum absolute atomic E-state index is 0.0425. The van der Waals surface area contributed by atoms with E-state index in [-0.39, 0.29) is 22.9 Å². The largest absolute Gasteiger partial charge is 0.478 e. The number of hydrogen-bond acceptors (Lipinski definition) is 5. The van der Waals surface area contributed by atoms with Crippen LogP contribution < -0.4 is 4.72 Å². The third-order valence-electron chi connectivity index (χ3n) is 2.11. The van der Waals surface area contributed by atoms with Gasteiger partial charge in [0, 0.05) is 0 Å². The molecular formula is C11H12ClNO6S. The Labute approximate surface area is 120 Å². The second-order valence-electron chi connectivity index (χ2n) is 3.63. The summed E-state index contributed by atoms with van der Waals surface area (Å²) in [6.45, 7) is 1.58. The first-order chi connectivity index (χ1) is 9.26. The zero-order chi connectivity index (χ0) is 15.3. The molecule has 1 aromatic carbocycles. The fourth-order valence-electron chi connectivity index (χ4n) is 1.36. The summed E-state index contributed by atoms with van der Waals surface area (Å²) < 4.78 is 30.0. The number of ether oxygens (including phenoxy) is 1. The van der Waals surface area contributed by atoms with Crippen molar-refractivity contribution in [3.63, 3.8) is 0 Å². The SMILES string of the molecule is CCOC(=O)CS(=O)(=O)Nc1c(Cl)cccc1C(=O)O. The zero-order valence-electron chi connectivity index (χ0n) is 10.4. The Morgan fingerprint density at radius 2 is 2.05 bits per heavy atom. The Kier molecular flexibility index (Phi) is 5.34. The van der Waals surface area contributed by atoms with Gasteiger partial charge >= 0.3 is 11.9 Å². The van der Waals surface area contributed by atoms with Crippen molar-refractivity contribution in [2.24, 2.45) is 0 Å². The maximum atomic E-state index is 11.7. The molecule has 0 heterocycles. The van der Waals surface area contributed by atoms with E-state index in [4.69, 9.17) is 16.7 Å². The zero-order valence-corrected chi connectivity index (χ0v) is 12.0. The first-order valence-corrected chi connectivity index (χ1v) is 7.47. The van der Waals surface area contributed by atoms with Crippen LogP contribution in [0.2, 0.25) is 5.02 Å². The molecule has 9 heteroatoms. The molecule has 110 valence electrons. The van der Waals surface area contributed by atoms with Crippen molar-refractivity contribution in [1.29, 1.82) is 0 Å². The molecule has 0 aliphatic heterocycles. The van der Waals surface area contributed by atoms with Gasteiger partial charge in [-0.25, -0.2) is 13.2 Å². The van der Waals surface area contributed by atoms with Gasteiger partial charge in [-0.2, -0.15) is 0 Å². The maximum absolute atomic E-state index is 11.7. The minimum atomic E-state index is -4.11. The van der Waals surface area contributed by atoms with Crippen LogP contribution in [-0.2, 0) is 19.6 Å². The molecule has 0 atom stereocenters. The Morgan fingerprint density at radius 3 is 2.60 bits per heavy atom. The molecule has 1 rings (SSSR count). The lowest BCUT2D eigenvalue weighted by Gasteiger charge is -2.11. The molecule has 0 aromatic heterocycles. The molecule has 0 radical (unpaired) electrons. The standard InChI is InChI=1S/C11H12ClNO6S/c1-2-19-9(14)6-20(17,18)13-10-7(11(15)16)4-3-5-8(10)12/h3-5,13H,2,6H2,1H3,(H,15,16). The number of nitrogens with one attached hydrogen (secondary N) is 1. The average molecular weight is 322 g/mol. The first kappa shape index (κ1) is 16.3. The normalized spacial score (nSPS) is 10.9. The fourth-order valence-corrected chi connectivity index (χ4v) is 2.63. The van der Waals surface area contributed by atoms with Crippen LogP contribution in [0.3, 0.4) is 0 Å². The van der Waals surface area contributed by atoms with Gasteiger partial charge in [-0.15, -0.1) is 0 Å². The van der Waals surface area contributed by atoms with E-state index in [2.05, 4.69) is 4.74 Å². The lowest BCUT2D eigenvalue weighted by molar-refractivity contribution is -0.139. The van der Waals surface area contributed by atoms with Gasteiger partial charge in [0.2, 0.25) is 10.0 Å². The van der Waals surface area contributed by atoms with Crippen LogP contribution in [0.4, 0.5) is 5.69 Å². The summed E-state index contributed by atoms with van der Waals surface area (Å²) in [5.41, 5.74) is -0.601. The highest BCUT2D eigenvalue weighted by atomic mass is 35.5. The summed E-state index contributed by atoms with van der Waals surface area (Å²) in [7, 11) is -4.11. The number of carbonyl (C=O) groups excluding carboxylic acids is 1. The molecule has 0 saturated heterocycles. The van der Waals surface area contributed by atoms with Crippen molar-refractivity contribution in [2.45, 2.75) is 6.92 Å². The molecule has 0 fully saturated rings. The first-order valence-electron chi connectivity index (χ1n) is 5.44. The number of carboxylic acid groups (broad SMARTS) is 1. The summed E-state index contributed by atoms with van der Waals surface area (Å²) in [4.78, 5) is 22.2. The van der Waals surface area contributed by atoms with E-state index in [1.807, 2.05) is 4.72 Å². The van der Waals surface area contributed by atoms with Crippen molar-refractivity contribution in [2.75, 3.05) is 17.1 Å². The molecule has 0 aliphatic carbocycles. The van der Waals surface area contributed by atoms with Crippen LogP contribution in [0.25, 0.3) is 0 Å². The van der Waals surface area contributed by atoms with E-state index in [1.54, 1.807) is 0 Å². The Bertz CT molecular complexity index is 628. The molecule has 0 spiro atoms. The summed E-state index contributed by atoms with van der Waals surface area (Å²) in [6, 6.07) is 3.89. The van der Waals surface area contributed by atoms with Gasteiger partial charge in [0.05, 0.1) is 22.9 Å². The van der Waals surface area contributed by atoms with Gasteiger partial charge in [0.25, 0.3) is 0 Å². The van der Waals surface area contributed by atoms with Crippen LogP contribution in [0.1, 0.15) is 17.3 Å². The van der Waals surface area contributed by atoms with Gasteiger partial charge < -0.3 is 9.84 Å². The van der Waals surface area contributed by atoms with Crippen molar-refractivity contribution < 1.29 is 27.9 Å². The van der Waals surface area contributed by atoms with Gasteiger partial charge in [-0.3, -0.25) is 9.52 Å². The second-order valence-corrected chi connectivity index (χ2v) is 5.76. The molecule has 0 amide bonds. The van der Waals surface area contributed by atoms with Crippen LogP contribution in [0.5, 0.6) is 0 Å². The molecule has 2 N–H and O–H groups in total. The number of halogens is 1. The van der Waals surface area contributed by atoms with Crippen LogP contribution in [-0.4, -0.2) is 37.8 Å². The predicted molar refractivity (Wildman–Crippen MR) is 72.5 cm³/mol. The summed E-state index contributed by atoms with van der Waals surface area (Å²) in [5.74, 6) is -3.21. The minimum Gasteiger partial charge on any atom is -0.478 e. The van der Waals surface area contributed by atoms with E-state index in [0.29, 0.717) is 0 Å². The molecule has 1 aromatic rings. The lowest BCUT2D eigenvalue weighted by atomic mass is 10.2. The molecule has 7 nitrogen and oxygen atoms in total. The van der Waals surface area contributed by atoms with E-state index in [1.165, 1.54) is 25.1 Å². The molecule has 20 heavy (non-hydrogen) atoms. The van der Waals surface area contributed by atoms with Gasteiger partial charge in [0.15, 0.2) is 5.75 Å². The average Bonchev–Trinajstić information content (AvgIpc) is 2.30. The quantitative estimate of drug-likeness (QED) is 0.765.